The number of rotatable bonds is 14. The predicted octanol–water partition coefficient (Wildman–Crippen LogP) is 31.0. The van der Waals surface area contributed by atoms with Gasteiger partial charge in [0.25, 0.3) is 0 Å². The molecule has 0 N–H and O–H groups in total. The van der Waals surface area contributed by atoms with Gasteiger partial charge in [0.2, 0.25) is 0 Å². The first-order valence-electron chi connectivity index (χ1n) is 45.9. The number of aryl methyl sites for hydroxylation is 17. The van der Waals surface area contributed by atoms with E-state index in [0.717, 1.165) is 86.0 Å². The third kappa shape index (κ3) is 24.9. The Bertz CT molecular complexity index is 7420. The number of hydrogen-bond acceptors (Lipinski definition) is 6. The number of imidazole rings is 4. The fraction of sp³-hybridized carbons (Fsp3) is 0.136. The van der Waals surface area contributed by atoms with E-state index >= 15 is 0 Å². The van der Waals surface area contributed by atoms with E-state index in [1.807, 2.05) is 104 Å². The van der Waals surface area contributed by atoms with Crippen molar-refractivity contribution in [2.24, 2.45) is 0 Å². The van der Waals surface area contributed by atoms with Crippen molar-refractivity contribution >= 4 is 0 Å². The maximum atomic E-state index is 13.7. The Morgan fingerprint density at radius 3 is 0.846 bits per heavy atom. The van der Waals surface area contributed by atoms with Crippen molar-refractivity contribution in [2.45, 2.75) is 118 Å². The third-order valence-electron chi connectivity index (χ3n) is 24.2. The molecule has 0 atom stereocenters. The zero-order valence-corrected chi connectivity index (χ0v) is 92.0. The topological polar surface area (TPSA) is 108 Å². The summed E-state index contributed by atoms with van der Waals surface area (Å²) in [5.74, 6) is 0.144. The van der Waals surface area contributed by atoms with E-state index in [2.05, 4.69) is 347 Å². The Morgan fingerprint density at radius 2 is 0.538 bits per heavy atom. The van der Waals surface area contributed by atoms with Gasteiger partial charge in [-0.2, -0.15) is 77.1 Å². The van der Waals surface area contributed by atoms with Crippen LogP contribution < -0.4 is 0 Å². The average Bonchev–Trinajstić information content (AvgIpc) is 1.66. The van der Waals surface area contributed by atoms with Gasteiger partial charge in [-0.05, 0) is 201 Å². The summed E-state index contributed by atoms with van der Waals surface area (Å²) in [6.07, 6.45) is 7.97. The molecule has 0 aliphatic rings. The summed E-state index contributed by atoms with van der Waals surface area (Å²) in [5.41, 5.74) is 40.0. The van der Waals surface area contributed by atoms with Crippen LogP contribution in [0.3, 0.4) is 0 Å². The largest absolute Gasteiger partial charge is 3.00 e. The molecule has 0 amide bonds. The number of hydrogen-bond donors (Lipinski definition) is 0. The van der Waals surface area contributed by atoms with E-state index in [4.69, 9.17) is 25.2 Å². The van der Waals surface area contributed by atoms with Gasteiger partial charge >= 0.3 is 40.2 Å². The van der Waals surface area contributed by atoms with Crippen LogP contribution in [-0.2, 0) is 80.4 Å². The molecule has 15 aromatic carbocycles. The molecule has 720 valence electrons. The standard InChI is InChI=1S/C27H27N2.2C25H23N2.C24H21N2.C13H5F2N.C11H5F2N.4Ir/c1-17-12-19(3)25(20(4)13-17)24-16-28-27(23-10-8-7-9-11-23)29(24)26-21(5)14-18(2)15-22(26)6;2*1-17-10-8-11-18(2)23(17)22-16-26-25(21-14-6-5-7-15-21)27(22)24-19(3)12-9-13-20(24)4;1-17-14-18(2)23(19(3)15-17)26-22(20-10-6-4-7-11-20)16-25-24(26)21-12-8-5-9-13-21;14-12-7-6-10(13(15)11(12)8-16)9-4-2-1-3-5-9;12-10-7-6-9(11(13)14-10)8-4-2-1-3-5-8;;;;/h7-10,12-16H,1-6H3;2*5-14,16H,1-4H3;4-12,14-16H,1-3H3;1-4,7H;1-4,7H;;;;/q4*-1;2*-2;;;2*+3. The van der Waals surface area contributed by atoms with Crippen LogP contribution in [0.2, 0.25) is 0 Å². The summed E-state index contributed by atoms with van der Waals surface area (Å²) in [6.45, 7) is 36.8. The number of aromatic nitrogens is 9. The summed E-state index contributed by atoms with van der Waals surface area (Å²) < 4.78 is 61.5. The molecule has 0 aliphatic carbocycles. The second-order valence-electron chi connectivity index (χ2n) is 34.7. The molecule has 5 aromatic heterocycles. The van der Waals surface area contributed by atoms with Crippen molar-refractivity contribution in [1.29, 1.82) is 5.26 Å². The molecule has 0 saturated heterocycles. The van der Waals surface area contributed by atoms with E-state index in [9.17, 15) is 17.6 Å². The molecule has 0 aliphatic heterocycles. The molecule has 10 nitrogen and oxygen atoms in total. The van der Waals surface area contributed by atoms with Crippen LogP contribution in [0.15, 0.2) is 322 Å². The first-order chi connectivity index (χ1) is 67.2. The molecule has 2 radical (unpaired) electrons. The zero-order valence-electron chi connectivity index (χ0n) is 82.4. The van der Waals surface area contributed by atoms with Crippen molar-refractivity contribution in [3.63, 3.8) is 0 Å². The van der Waals surface area contributed by atoms with Gasteiger partial charge in [-0.15, -0.1) is 168 Å². The normalized spacial score (nSPS) is 10.5. The van der Waals surface area contributed by atoms with Crippen LogP contribution in [0.5, 0.6) is 0 Å². The molecule has 143 heavy (non-hydrogen) atoms. The Balaban J connectivity index is 0.000000165. The van der Waals surface area contributed by atoms with Gasteiger partial charge in [0.05, 0.1) is 63.9 Å². The number of nitrogens with zero attached hydrogens (tertiary/aromatic N) is 10. The molecule has 0 spiro atoms. The first-order valence-corrected chi connectivity index (χ1v) is 45.9. The van der Waals surface area contributed by atoms with Gasteiger partial charge in [0.15, 0.2) is 0 Å². The Labute approximate surface area is 892 Å². The van der Waals surface area contributed by atoms with E-state index < -0.39 is 29.1 Å². The van der Waals surface area contributed by atoms with Crippen LogP contribution in [0, 0.1) is 201 Å². The van der Waals surface area contributed by atoms with Gasteiger partial charge in [-0.1, -0.05) is 156 Å². The van der Waals surface area contributed by atoms with Crippen LogP contribution in [0.25, 0.3) is 136 Å². The summed E-state index contributed by atoms with van der Waals surface area (Å²) >= 11 is 0. The average molecular weight is 2590 g/mol. The van der Waals surface area contributed by atoms with Gasteiger partial charge < -0.3 is 18.3 Å². The minimum Gasteiger partial charge on any atom is -0.333 e. The van der Waals surface area contributed by atoms with E-state index in [-0.39, 0.29) is 91.5 Å². The number of para-hydroxylation sites is 2. The Hall–Kier alpha value is -13.9. The fourth-order valence-electron chi connectivity index (χ4n) is 18.4. The minimum atomic E-state index is -0.903. The van der Waals surface area contributed by atoms with Crippen molar-refractivity contribution in [1.82, 2.24) is 43.2 Å². The SMILES string of the molecule is Cc1cc(C)c(-c2cnc(-c3[c-]cccc3)n2-c2c(C)cc(C)cc2C)c(C)c1.Cc1cc(C)c(-n2c(-c3ccccc3)cnc2-c2[c-]cccc2)c(C)c1.Cc1cccc(C)c1-c1cnc(-c2[c-]cccc2)n1-c1c(C)cccc1C.Cc1cccc(C)c1-c1cnc(-c2[c-]cccc2)n1-c1c(C)cccc1C.Fc1c[c-]c(-c2[c-]cccc2)c(F)n1.N#Cc1c(F)c[c-]c(-c2[c-]cccc2)c1F.[Ir+3].[Ir+3].[Ir].[Ir]. The quantitative estimate of drug-likeness (QED) is 0.0610. The van der Waals surface area contributed by atoms with Crippen LogP contribution in [0.1, 0.15) is 100 Å². The Morgan fingerprint density at radius 1 is 0.273 bits per heavy atom. The fourth-order valence-corrected chi connectivity index (χ4v) is 18.4. The first kappa shape index (κ1) is 109. The molecule has 0 fully saturated rings. The second kappa shape index (κ2) is 50.2. The van der Waals surface area contributed by atoms with E-state index in [0.29, 0.717) is 11.1 Å². The molecule has 0 bridgehead atoms. The van der Waals surface area contributed by atoms with E-state index in [1.165, 1.54) is 140 Å². The molecule has 20 aromatic rings. The zero-order chi connectivity index (χ0) is 98.2. The molecule has 20 rings (SSSR count). The predicted molar refractivity (Wildman–Crippen MR) is 555 cm³/mol. The molecule has 0 unspecified atom stereocenters. The summed E-state index contributed by atoms with van der Waals surface area (Å²) in [5, 5.41) is 8.62. The molecule has 5 heterocycles. The van der Waals surface area contributed by atoms with Crippen LogP contribution >= 0.6 is 0 Å². The molecular weight excluding hydrogens is 2490 g/mol. The van der Waals surface area contributed by atoms with Gasteiger partial charge in [-0.25, -0.2) is 15.5 Å². The maximum absolute atomic E-state index is 13.7. The van der Waals surface area contributed by atoms with Gasteiger partial charge in [-0.3, -0.25) is 38.1 Å². The smallest absolute Gasteiger partial charge is 0.333 e. The molecular formula is C125H104F4Ir4N10-2. The van der Waals surface area contributed by atoms with Crippen molar-refractivity contribution in [3.05, 3.63) is 494 Å². The summed E-state index contributed by atoms with van der Waals surface area (Å²) in [7, 11) is 0. The van der Waals surface area contributed by atoms with Crippen molar-refractivity contribution < 1.29 is 98.0 Å². The maximum Gasteiger partial charge on any atom is 3.00 e. The third-order valence-corrected chi connectivity index (χ3v) is 24.2. The second-order valence-corrected chi connectivity index (χ2v) is 34.7. The number of nitriles is 1. The van der Waals surface area contributed by atoms with Gasteiger partial charge in [0.1, 0.15) is 5.95 Å². The summed E-state index contributed by atoms with van der Waals surface area (Å²) in [4.78, 5) is 22.4. The van der Waals surface area contributed by atoms with Crippen molar-refractivity contribution in [3.8, 4) is 142 Å². The summed E-state index contributed by atoms with van der Waals surface area (Å²) in [6, 6.07) is 123. The van der Waals surface area contributed by atoms with Gasteiger partial charge in [0, 0.05) is 116 Å². The van der Waals surface area contributed by atoms with Crippen LogP contribution in [0.4, 0.5) is 17.6 Å². The monoisotopic (exact) mass is 2590 g/mol. The molecule has 18 heteroatoms. The molecule has 0 saturated carbocycles. The number of benzene rings is 15. The van der Waals surface area contributed by atoms with E-state index in [1.54, 1.807) is 48.5 Å². The Kier molecular flexibility index (Phi) is 38.4. The number of halogens is 4. The minimum absolute atomic E-state index is 0. The van der Waals surface area contributed by atoms with Crippen molar-refractivity contribution in [2.75, 3.05) is 0 Å². The number of pyridine rings is 1. The van der Waals surface area contributed by atoms with Crippen LogP contribution in [-0.4, -0.2) is 43.2 Å².